The molecule has 128 valence electrons. The smallest absolute Gasteiger partial charge is 0.273 e. The number of halogens is 1. The standard InChI is InChI=1S/C19H18FN3O2/c1-12(2)18-21-16-11-14(20)8-9-15(16)19(25)23(18)22-17(24)10-13-6-4-3-5-7-13/h3-9,11-12H,10H2,1-2H3,(H,22,24). The molecule has 5 nitrogen and oxygen atoms in total. The van der Waals surface area contributed by atoms with Crippen molar-refractivity contribution in [2.24, 2.45) is 0 Å². The van der Waals surface area contributed by atoms with Gasteiger partial charge in [0, 0.05) is 12.0 Å². The van der Waals surface area contributed by atoms with Gasteiger partial charge in [-0.2, -0.15) is 0 Å². The lowest BCUT2D eigenvalue weighted by Crippen LogP contribution is -2.37. The van der Waals surface area contributed by atoms with Gasteiger partial charge in [-0.15, -0.1) is 0 Å². The zero-order valence-corrected chi connectivity index (χ0v) is 14.0. The average molecular weight is 339 g/mol. The quantitative estimate of drug-likeness (QED) is 0.795. The van der Waals surface area contributed by atoms with E-state index in [0.717, 1.165) is 10.2 Å². The molecule has 1 N–H and O–H groups in total. The van der Waals surface area contributed by atoms with Crippen molar-refractivity contribution in [2.75, 3.05) is 5.43 Å². The maximum atomic E-state index is 13.4. The van der Waals surface area contributed by atoms with Gasteiger partial charge >= 0.3 is 0 Å². The number of amides is 1. The van der Waals surface area contributed by atoms with Crippen molar-refractivity contribution in [2.45, 2.75) is 26.2 Å². The average Bonchev–Trinajstić information content (AvgIpc) is 2.57. The van der Waals surface area contributed by atoms with E-state index < -0.39 is 11.4 Å². The lowest BCUT2D eigenvalue weighted by Gasteiger charge is -2.16. The van der Waals surface area contributed by atoms with Crippen LogP contribution >= 0.6 is 0 Å². The van der Waals surface area contributed by atoms with Gasteiger partial charge in [0.1, 0.15) is 11.6 Å². The van der Waals surface area contributed by atoms with E-state index in [9.17, 15) is 14.0 Å². The molecule has 3 rings (SSSR count). The lowest BCUT2D eigenvalue weighted by molar-refractivity contribution is -0.116. The Labute approximate surface area is 144 Å². The van der Waals surface area contributed by atoms with Crippen molar-refractivity contribution in [3.05, 3.63) is 76.1 Å². The molecule has 0 bridgehead atoms. The largest absolute Gasteiger partial charge is 0.280 e. The second-order valence-electron chi connectivity index (χ2n) is 6.12. The molecule has 0 atom stereocenters. The van der Waals surface area contributed by atoms with E-state index in [0.29, 0.717) is 5.82 Å². The number of carbonyl (C=O) groups is 1. The molecule has 0 radical (unpaired) electrons. The van der Waals surface area contributed by atoms with Crippen LogP contribution in [0.5, 0.6) is 0 Å². The number of nitrogens with one attached hydrogen (secondary N) is 1. The summed E-state index contributed by atoms with van der Waals surface area (Å²) in [7, 11) is 0. The summed E-state index contributed by atoms with van der Waals surface area (Å²) in [4.78, 5) is 29.4. The minimum Gasteiger partial charge on any atom is -0.273 e. The van der Waals surface area contributed by atoms with E-state index in [2.05, 4.69) is 10.4 Å². The minimum absolute atomic E-state index is 0.127. The molecule has 0 spiro atoms. The van der Waals surface area contributed by atoms with E-state index in [4.69, 9.17) is 0 Å². The monoisotopic (exact) mass is 339 g/mol. The van der Waals surface area contributed by atoms with Crippen molar-refractivity contribution < 1.29 is 9.18 Å². The Hall–Kier alpha value is -3.02. The summed E-state index contributed by atoms with van der Waals surface area (Å²) in [6.07, 6.45) is 0.145. The van der Waals surface area contributed by atoms with Crippen LogP contribution in [0, 0.1) is 5.82 Å². The summed E-state index contributed by atoms with van der Waals surface area (Å²) in [5, 5.41) is 0.255. The van der Waals surface area contributed by atoms with E-state index in [1.54, 1.807) is 0 Å². The number of benzene rings is 2. The normalized spacial score (nSPS) is 11.0. The van der Waals surface area contributed by atoms with Gasteiger partial charge in [0.15, 0.2) is 0 Å². The number of aromatic nitrogens is 2. The summed E-state index contributed by atoms with van der Waals surface area (Å²) in [5.74, 6) is -0.527. The molecule has 0 aliphatic rings. The van der Waals surface area contributed by atoms with Gasteiger partial charge in [-0.1, -0.05) is 44.2 Å². The first-order chi connectivity index (χ1) is 12.0. The summed E-state index contributed by atoms with van der Waals surface area (Å²) >= 11 is 0. The van der Waals surface area contributed by atoms with Crippen LogP contribution in [-0.4, -0.2) is 15.6 Å². The van der Waals surface area contributed by atoms with Crippen LogP contribution in [-0.2, 0) is 11.2 Å². The predicted octanol–water partition coefficient (Wildman–Crippen LogP) is 2.97. The van der Waals surface area contributed by atoms with Gasteiger partial charge in [0.25, 0.3) is 5.56 Å². The number of fused-ring (bicyclic) bond motifs is 1. The van der Waals surface area contributed by atoms with Crippen molar-refractivity contribution in [1.82, 2.24) is 9.66 Å². The van der Waals surface area contributed by atoms with Crippen LogP contribution in [0.3, 0.4) is 0 Å². The van der Waals surface area contributed by atoms with Crippen LogP contribution in [0.25, 0.3) is 10.9 Å². The molecule has 0 saturated heterocycles. The van der Waals surface area contributed by atoms with Gasteiger partial charge in [0.2, 0.25) is 5.91 Å². The molecule has 3 aromatic rings. The molecule has 1 amide bonds. The van der Waals surface area contributed by atoms with Gasteiger partial charge in [0.05, 0.1) is 17.3 Å². The topological polar surface area (TPSA) is 64.0 Å². The summed E-state index contributed by atoms with van der Waals surface area (Å²) in [6.45, 7) is 3.71. The van der Waals surface area contributed by atoms with Crippen molar-refractivity contribution in [3.63, 3.8) is 0 Å². The molecule has 25 heavy (non-hydrogen) atoms. The van der Waals surface area contributed by atoms with Crippen LogP contribution in [0.2, 0.25) is 0 Å². The molecular formula is C19H18FN3O2. The number of hydrogen-bond acceptors (Lipinski definition) is 3. The predicted molar refractivity (Wildman–Crippen MR) is 94.6 cm³/mol. The van der Waals surface area contributed by atoms with E-state index in [-0.39, 0.29) is 29.1 Å². The van der Waals surface area contributed by atoms with Crippen molar-refractivity contribution >= 4 is 16.8 Å². The molecule has 2 aromatic carbocycles. The lowest BCUT2D eigenvalue weighted by atomic mass is 10.1. The highest BCUT2D eigenvalue weighted by Gasteiger charge is 2.16. The Morgan fingerprint density at radius 2 is 1.92 bits per heavy atom. The molecule has 0 saturated carbocycles. The third-order valence-corrected chi connectivity index (χ3v) is 3.82. The number of carbonyl (C=O) groups excluding carboxylic acids is 1. The second kappa shape index (κ2) is 6.84. The Morgan fingerprint density at radius 3 is 2.60 bits per heavy atom. The Balaban J connectivity index is 2.01. The molecule has 0 aliphatic carbocycles. The minimum atomic E-state index is -0.458. The summed E-state index contributed by atoms with van der Waals surface area (Å²) in [5.41, 5.74) is 3.33. The fraction of sp³-hybridized carbons (Fsp3) is 0.211. The highest BCUT2D eigenvalue weighted by atomic mass is 19.1. The van der Waals surface area contributed by atoms with Crippen LogP contribution in [0.4, 0.5) is 4.39 Å². The Morgan fingerprint density at radius 1 is 1.20 bits per heavy atom. The highest BCUT2D eigenvalue weighted by Crippen LogP contribution is 2.15. The molecule has 0 aliphatic heterocycles. The Bertz CT molecular complexity index is 981. The first-order valence-electron chi connectivity index (χ1n) is 8.01. The molecule has 0 fully saturated rings. The molecule has 0 unspecified atom stereocenters. The van der Waals surface area contributed by atoms with E-state index in [1.165, 1.54) is 18.2 Å². The number of hydrogen-bond donors (Lipinski definition) is 1. The maximum absolute atomic E-state index is 13.4. The van der Waals surface area contributed by atoms with Crippen molar-refractivity contribution in [3.8, 4) is 0 Å². The highest BCUT2D eigenvalue weighted by molar-refractivity contribution is 5.86. The fourth-order valence-corrected chi connectivity index (χ4v) is 2.62. The van der Waals surface area contributed by atoms with Gasteiger partial charge in [-0.25, -0.2) is 14.1 Å². The first-order valence-corrected chi connectivity index (χ1v) is 8.01. The zero-order valence-electron chi connectivity index (χ0n) is 14.0. The molecule has 1 aromatic heterocycles. The van der Waals surface area contributed by atoms with Crippen LogP contribution in [0.15, 0.2) is 53.3 Å². The zero-order chi connectivity index (χ0) is 18.0. The van der Waals surface area contributed by atoms with Crippen molar-refractivity contribution in [1.29, 1.82) is 0 Å². The third-order valence-electron chi connectivity index (χ3n) is 3.82. The summed E-state index contributed by atoms with van der Waals surface area (Å²) in [6, 6.07) is 13.1. The number of nitrogens with zero attached hydrogens (tertiary/aromatic N) is 2. The molecular weight excluding hydrogens is 321 g/mol. The van der Waals surface area contributed by atoms with Gasteiger partial charge in [-0.05, 0) is 17.7 Å². The Kier molecular flexibility index (Phi) is 4.61. The van der Waals surface area contributed by atoms with Gasteiger partial charge < -0.3 is 0 Å². The molecule has 6 heteroatoms. The maximum Gasteiger partial charge on any atom is 0.280 e. The summed E-state index contributed by atoms with van der Waals surface area (Å²) < 4.78 is 14.6. The van der Waals surface area contributed by atoms with E-state index in [1.807, 2.05) is 44.2 Å². The molecule has 1 heterocycles. The SMILES string of the molecule is CC(C)c1nc2cc(F)ccc2c(=O)n1NC(=O)Cc1ccccc1. The third kappa shape index (κ3) is 3.57. The second-order valence-corrected chi connectivity index (χ2v) is 6.12. The van der Waals surface area contributed by atoms with E-state index >= 15 is 0 Å². The van der Waals surface area contributed by atoms with Crippen LogP contribution in [0.1, 0.15) is 31.2 Å². The first kappa shape index (κ1) is 16.8. The van der Waals surface area contributed by atoms with Crippen LogP contribution < -0.4 is 11.0 Å². The fourth-order valence-electron chi connectivity index (χ4n) is 2.62. The number of rotatable bonds is 4. The van der Waals surface area contributed by atoms with Gasteiger partial charge in [-0.3, -0.25) is 15.0 Å².